The van der Waals surface area contributed by atoms with E-state index in [1.54, 1.807) is 12.4 Å². The van der Waals surface area contributed by atoms with Gasteiger partial charge in [0.05, 0.1) is 24.2 Å². The molecular formula is C13H16N4O2. The molecule has 6 heteroatoms. The van der Waals surface area contributed by atoms with Gasteiger partial charge in [0, 0.05) is 18.4 Å². The molecule has 19 heavy (non-hydrogen) atoms. The van der Waals surface area contributed by atoms with Crippen LogP contribution >= 0.6 is 0 Å². The number of hydrogen-bond acceptors (Lipinski definition) is 4. The number of H-pyrrole nitrogens is 1. The number of nitrogens with one attached hydrogen (secondary N) is 2. The molecule has 0 aliphatic carbocycles. The molecule has 3 rings (SSSR count). The van der Waals surface area contributed by atoms with Crippen LogP contribution < -0.4 is 5.32 Å². The molecule has 1 atom stereocenters. The van der Waals surface area contributed by atoms with E-state index >= 15 is 0 Å². The second-order valence-corrected chi connectivity index (χ2v) is 4.75. The molecular weight excluding hydrogens is 244 g/mol. The van der Waals surface area contributed by atoms with Crippen LogP contribution in [0.25, 0.3) is 11.0 Å². The summed E-state index contributed by atoms with van der Waals surface area (Å²) in [6, 6.07) is 1.86. The van der Waals surface area contributed by atoms with Gasteiger partial charge in [0.15, 0.2) is 5.65 Å². The number of fused-ring (bicyclic) bond motifs is 1. The molecule has 1 saturated heterocycles. The Morgan fingerprint density at radius 3 is 3.32 bits per heavy atom. The average molecular weight is 260 g/mol. The molecule has 2 aromatic heterocycles. The molecule has 0 saturated carbocycles. The summed E-state index contributed by atoms with van der Waals surface area (Å²) in [5, 5.41) is 10.4. The van der Waals surface area contributed by atoms with Crippen LogP contribution in [0.4, 0.5) is 5.69 Å². The number of anilines is 1. The van der Waals surface area contributed by atoms with Crippen molar-refractivity contribution >= 4 is 22.6 Å². The molecule has 0 spiro atoms. The molecule has 1 aliphatic rings. The third-order valence-electron chi connectivity index (χ3n) is 3.29. The average Bonchev–Trinajstić information content (AvgIpc) is 3.07. The number of nitrogens with zero attached hydrogens (tertiary/aromatic N) is 2. The van der Waals surface area contributed by atoms with Gasteiger partial charge < -0.3 is 10.1 Å². The molecule has 0 unspecified atom stereocenters. The Morgan fingerprint density at radius 1 is 1.53 bits per heavy atom. The van der Waals surface area contributed by atoms with Crippen molar-refractivity contribution in [2.24, 2.45) is 0 Å². The number of carbonyl (C=O) groups excluding carboxylic acids is 1. The van der Waals surface area contributed by atoms with Crippen LogP contribution in [-0.2, 0) is 9.53 Å². The number of aromatic nitrogens is 3. The van der Waals surface area contributed by atoms with Gasteiger partial charge in [-0.05, 0) is 25.3 Å². The van der Waals surface area contributed by atoms with Gasteiger partial charge >= 0.3 is 0 Å². The third kappa shape index (κ3) is 2.90. The number of hydrogen-bond donors (Lipinski definition) is 2. The van der Waals surface area contributed by atoms with Crippen molar-refractivity contribution in [2.45, 2.75) is 31.8 Å². The maximum Gasteiger partial charge on any atom is 0.224 e. The van der Waals surface area contributed by atoms with Crippen LogP contribution in [0.15, 0.2) is 18.5 Å². The van der Waals surface area contributed by atoms with Crippen LogP contribution in [0.3, 0.4) is 0 Å². The first kappa shape index (κ1) is 12.1. The van der Waals surface area contributed by atoms with Crippen molar-refractivity contribution in [3.8, 4) is 0 Å². The molecule has 1 amide bonds. The number of ether oxygens (including phenoxy) is 1. The van der Waals surface area contributed by atoms with E-state index in [1.807, 2.05) is 6.07 Å². The second kappa shape index (κ2) is 5.36. The van der Waals surface area contributed by atoms with E-state index in [4.69, 9.17) is 4.74 Å². The highest BCUT2D eigenvalue weighted by molar-refractivity contribution is 5.92. The number of carbonyl (C=O) groups is 1. The summed E-state index contributed by atoms with van der Waals surface area (Å²) >= 11 is 0. The Labute approximate surface area is 110 Å². The lowest BCUT2D eigenvalue weighted by atomic mass is 10.1. The normalized spacial score (nSPS) is 18.8. The summed E-state index contributed by atoms with van der Waals surface area (Å²) in [7, 11) is 0. The molecule has 100 valence electrons. The van der Waals surface area contributed by atoms with Gasteiger partial charge in [-0.25, -0.2) is 4.98 Å². The monoisotopic (exact) mass is 260 g/mol. The van der Waals surface area contributed by atoms with E-state index in [9.17, 15) is 4.79 Å². The summed E-state index contributed by atoms with van der Waals surface area (Å²) in [4.78, 5) is 16.0. The summed E-state index contributed by atoms with van der Waals surface area (Å²) in [6.07, 6.45) is 7.00. The van der Waals surface area contributed by atoms with Crippen LogP contribution in [0.2, 0.25) is 0 Å². The number of rotatable bonds is 4. The standard InChI is InChI=1S/C13H16N4O2/c18-12(4-3-11-2-1-5-19-11)16-10-6-9-7-15-17-13(9)14-8-10/h6-8,11H,1-5H2,(H,16,18)(H,14,15,17)/t11-/m1/s1. The SMILES string of the molecule is O=C(CC[C@H]1CCCO1)Nc1cnc2[nH]ncc2c1. The number of pyridine rings is 1. The van der Waals surface area contributed by atoms with Gasteiger partial charge in [0.2, 0.25) is 5.91 Å². The fraction of sp³-hybridized carbons (Fsp3) is 0.462. The van der Waals surface area contributed by atoms with Crippen LogP contribution in [-0.4, -0.2) is 33.8 Å². The zero-order valence-corrected chi connectivity index (χ0v) is 10.6. The lowest BCUT2D eigenvalue weighted by Gasteiger charge is -2.09. The van der Waals surface area contributed by atoms with E-state index in [-0.39, 0.29) is 12.0 Å². The van der Waals surface area contributed by atoms with Crippen molar-refractivity contribution in [1.29, 1.82) is 0 Å². The molecule has 1 aliphatic heterocycles. The topological polar surface area (TPSA) is 79.9 Å². The van der Waals surface area contributed by atoms with Crippen LogP contribution in [0, 0.1) is 0 Å². The minimum absolute atomic E-state index is 0.000134. The molecule has 1 fully saturated rings. The Kier molecular flexibility index (Phi) is 3.41. The molecule has 0 radical (unpaired) electrons. The zero-order chi connectivity index (χ0) is 13.1. The predicted molar refractivity (Wildman–Crippen MR) is 70.7 cm³/mol. The maximum atomic E-state index is 11.8. The Hall–Kier alpha value is -1.95. The maximum absolute atomic E-state index is 11.8. The third-order valence-corrected chi connectivity index (χ3v) is 3.29. The first-order valence-electron chi connectivity index (χ1n) is 6.52. The quantitative estimate of drug-likeness (QED) is 0.879. The molecule has 3 heterocycles. The highest BCUT2D eigenvalue weighted by Crippen LogP contribution is 2.18. The van der Waals surface area contributed by atoms with Crippen molar-refractivity contribution in [3.63, 3.8) is 0 Å². The van der Waals surface area contributed by atoms with E-state index in [1.165, 1.54) is 0 Å². The van der Waals surface area contributed by atoms with E-state index in [2.05, 4.69) is 20.5 Å². The second-order valence-electron chi connectivity index (χ2n) is 4.75. The Balaban J connectivity index is 1.55. The van der Waals surface area contributed by atoms with Crippen molar-refractivity contribution < 1.29 is 9.53 Å². The summed E-state index contributed by atoms with van der Waals surface area (Å²) in [5.41, 5.74) is 1.42. The Bertz CT molecular complexity index is 575. The van der Waals surface area contributed by atoms with Crippen molar-refractivity contribution in [1.82, 2.24) is 15.2 Å². The molecule has 2 N–H and O–H groups in total. The highest BCUT2D eigenvalue weighted by Gasteiger charge is 2.16. The van der Waals surface area contributed by atoms with E-state index in [0.717, 1.165) is 36.9 Å². The Morgan fingerprint density at radius 2 is 2.47 bits per heavy atom. The number of amides is 1. The van der Waals surface area contributed by atoms with Crippen LogP contribution in [0.5, 0.6) is 0 Å². The summed E-state index contributed by atoms with van der Waals surface area (Å²) in [5.74, 6) is 0.000134. The fourth-order valence-electron chi connectivity index (χ4n) is 2.29. The molecule has 0 aromatic carbocycles. The molecule has 0 bridgehead atoms. The minimum atomic E-state index is 0.000134. The van der Waals surface area contributed by atoms with Gasteiger partial charge in [0.25, 0.3) is 0 Å². The largest absolute Gasteiger partial charge is 0.378 e. The van der Waals surface area contributed by atoms with Crippen molar-refractivity contribution in [2.75, 3.05) is 11.9 Å². The van der Waals surface area contributed by atoms with E-state index in [0.29, 0.717) is 12.1 Å². The molecule has 6 nitrogen and oxygen atoms in total. The predicted octanol–water partition coefficient (Wildman–Crippen LogP) is 1.86. The molecule has 2 aromatic rings. The van der Waals surface area contributed by atoms with E-state index < -0.39 is 0 Å². The van der Waals surface area contributed by atoms with Crippen LogP contribution in [0.1, 0.15) is 25.7 Å². The summed E-state index contributed by atoms with van der Waals surface area (Å²) in [6.45, 7) is 0.827. The zero-order valence-electron chi connectivity index (χ0n) is 10.6. The highest BCUT2D eigenvalue weighted by atomic mass is 16.5. The van der Waals surface area contributed by atoms with Gasteiger partial charge in [-0.15, -0.1) is 0 Å². The first-order chi connectivity index (χ1) is 9.31. The number of aromatic amines is 1. The first-order valence-corrected chi connectivity index (χ1v) is 6.52. The lowest BCUT2D eigenvalue weighted by Crippen LogP contribution is -2.15. The fourth-order valence-corrected chi connectivity index (χ4v) is 2.29. The smallest absolute Gasteiger partial charge is 0.224 e. The van der Waals surface area contributed by atoms with Gasteiger partial charge in [-0.2, -0.15) is 5.10 Å². The summed E-state index contributed by atoms with van der Waals surface area (Å²) < 4.78 is 5.50. The lowest BCUT2D eigenvalue weighted by molar-refractivity contribution is -0.116. The van der Waals surface area contributed by atoms with Crippen molar-refractivity contribution in [3.05, 3.63) is 18.5 Å². The van der Waals surface area contributed by atoms with Gasteiger partial charge in [-0.1, -0.05) is 0 Å². The van der Waals surface area contributed by atoms with Gasteiger partial charge in [-0.3, -0.25) is 9.89 Å². The van der Waals surface area contributed by atoms with Gasteiger partial charge in [0.1, 0.15) is 0 Å². The minimum Gasteiger partial charge on any atom is -0.378 e.